The maximum atomic E-state index is 4.28. The maximum absolute atomic E-state index is 4.28. The van der Waals surface area contributed by atoms with Crippen molar-refractivity contribution in [3.05, 3.63) is 35.9 Å². The second-order valence-electron chi connectivity index (χ2n) is 3.11. The lowest BCUT2D eigenvalue weighted by Gasteiger charge is -2.00. The molecular weight excluding hydrogens is 164 g/mol. The lowest BCUT2D eigenvalue weighted by molar-refractivity contribution is 0.635. The van der Waals surface area contributed by atoms with Gasteiger partial charge in [-0.15, -0.1) is 0 Å². The van der Waals surface area contributed by atoms with E-state index < -0.39 is 0 Å². The fourth-order valence-corrected chi connectivity index (χ4v) is 1.27. The largest absolute Gasteiger partial charge is 0.275 e. The molecular formula is C9H12N4. The summed E-state index contributed by atoms with van der Waals surface area (Å²) < 4.78 is 3.73. The Labute approximate surface area is 76.8 Å². The quantitative estimate of drug-likeness (QED) is 0.683. The Bertz CT molecular complexity index is 399. The van der Waals surface area contributed by atoms with Crippen molar-refractivity contribution in [2.75, 3.05) is 0 Å². The number of aromatic nitrogens is 4. The first kappa shape index (κ1) is 8.04. The van der Waals surface area contributed by atoms with Crippen LogP contribution < -0.4 is 0 Å². The van der Waals surface area contributed by atoms with E-state index in [1.807, 2.05) is 37.0 Å². The highest BCUT2D eigenvalue weighted by Crippen LogP contribution is 2.01. The van der Waals surface area contributed by atoms with Crippen LogP contribution in [0.15, 0.2) is 24.5 Å². The predicted molar refractivity (Wildman–Crippen MR) is 49.3 cm³/mol. The number of nitrogens with zero attached hydrogens (tertiary/aromatic N) is 4. The van der Waals surface area contributed by atoms with Gasteiger partial charge in [-0.1, -0.05) is 0 Å². The number of hydrogen-bond donors (Lipinski definition) is 0. The minimum absolute atomic E-state index is 0.750. The van der Waals surface area contributed by atoms with Crippen LogP contribution in [0.2, 0.25) is 0 Å². The summed E-state index contributed by atoms with van der Waals surface area (Å²) in [5.41, 5.74) is 2.19. The van der Waals surface area contributed by atoms with Crippen LogP contribution in [0.4, 0.5) is 0 Å². The van der Waals surface area contributed by atoms with E-state index in [0.717, 1.165) is 17.9 Å². The minimum Gasteiger partial charge on any atom is -0.275 e. The van der Waals surface area contributed by atoms with Gasteiger partial charge in [-0.2, -0.15) is 10.2 Å². The first-order valence-corrected chi connectivity index (χ1v) is 4.22. The molecule has 4 nitrogen and oxygen atoms in total. The van der Waals surface area contributed by atoms with Crippen molar-refractivity contribution in [2.45, 2.75) is 13.5 Å². The molecule has 0 atom stereocenters. The molecule has 0 fully saturated rings. The predicted octanol–water partition coefficient (Wildman–Crippen LogP) is 0.973. The van der Waals surface area contributed by atoms with Crippen LogP contribution in [-0.2, 0) is 13.6 Å². The second-order valence-corrected chi connectivity index (χ2v) is 3.11. The average molecular weight is 176 g/mol. The third-order valence-corrected chi connectivity index (χ3v) is 2.01. The van der Waals surface area contributed by atoms with E-state index in [-0.39, 0.29) is 0 Å². The van der Waals surface area contributed by atoms with E-state index in [1.54, 1.807) is 10.9 Å². The van der Waals surface area contributed by atoms with Gasteiger partial charge in [-0.3, -0.25) is 9.36 Å². The van der Waals surface area contributed by atoms with Gasteiger partial charge in [0.1, 0.15) is 0 Å². The zero-order valence-electron chi connectivity index (χ0n) is 7.81. The summed E-state index contributed by atoms with van der Waals surface area (Å²) in [6.07, 6.45) is 3.74. The molecule has 0 radical (unpaired) electrons. The Balaban J connectivity index is 2.19. The first-order valence-electron chi connectivity index (χ1n) is 4.22. The molecule has 0 aromatic carbocycles. The number of rotatable bonds is 2. The summed E-state index contributed by atoms with van der Waals surface area (Å²) in [5, 5.41) is 8.47. The SMILES string of the molecule is Cc1ccnn1Cc1ccn(C)n1. The standard InChI is InChI=1S/C9H12N4/c1-8-3-5-10-13(8)7-9-4-6-12(2)11-9/h3-6H,7H2,1-2H3. The summed E-state index contributed by atoms with van der Waals surface area (Å²) in [6.45, 7) is 2.79. The Morgan fingerprint density at radius 2 is 2.23 bits per heavy atom. The van der Waals surface area contributed by atoms with Gasteiger partial charge in [0.2, 0.25) is 0 Å². The van der Waals surface area contributed by atoms with Crippen molar-refractivity contribution < 1.29 is 0 Å². The molecule has 68 valence electrons. The molecule has 0 aliphatic heterocycles. The van der Waals surface area contributed by atoms with Crippen LogP contribution in [0.1, 0.15) is 11.4 Å². The number of aryl methyl sites for hydroxylation is 2. The van der Waals surface area contributed by atoms with Crippen LogP contribution in [0.25, 0.3) is 0 Å². The molecule has 2 heterocycles. The van der Waals surface area contributed by atoms with E-state index in [9.17, 15) is 0 Å². The summed E-state index contributed by atoms with van der Waals surface area (Å²) >= 11 is 0. The molecule has 0 amide bonds. The van der Waals surface area contributed by atoms with Gasteiger partial charge in [0.05, 0.1) is 12.2 Å². The summed E-state index contributed by atoms with van der Waals surface area (Å²) in [4.78, 5) is 0. The molecule has 4 heteroatoms. The molecule has 0 aliphatic carbocycles. The smallest absolute Gasteiger partial charge is 0.0852 e. The molecule has 0 bridgehead atoms. The van der Waals surface area contributed by atoms with Gasteiger partial charge in [0.15, 0.2) is 0 Å². The molecule has 2 aromatic heterocycles. The second kappa shape index (κ2) is 3.05. The summed E-state index contributed by atoms with van der Waals surface area (Å²) in [7, 11) is 1.92. The highest BCUT2D eigenvalue weighted by atomic mass is 15.3. The van der Waals surface area contributed by atoms with Gasteiger partial charge in [0.25, 0.3) is 0 Å². The van der Waals surface area contributed by atoms with Gasteiger partial charge in [0, 0.05) is 25.1 Å². The molecule has 0 aliphatic rings. The summed E-state index contributed by atoms with van der Waals surface area (Å²) in [5.74, 6) is 0. The minimum atomic E-state index is 0.750. The normalized spacial score (nSPS) is 10.6. The molecule has 0 saturated heterocycles. The van der Waals surface area contributed by atoms with E-state index in [2.05, 4.69) is 10.2 Å². The molecule has 0 spiro atoms. The molecule has 2 rings (SSSR count). The monoisotopic (exact) mass is 176 g/mol. The van der Waals surface area contributed by atoms with Crippen molar-refractivity contribution in [2.24, 2.45) is 7.05 Å². The molecule has 0 saturated carbocycles. The van der Waals surface area contributed by atoms with Gasteiger partial charge in [-0.25, -0.2) is 0 Å². The van der Waals surface area contributed by atoms with Crippen molar-refractivity contribution in [3.63, 3.8) is 0 Å². The van der Waals surface area contributed by atoms with Crippen LogP contribution in [0.5, 0.6) is 0 Å². The highest BCUT2D eigenvalue weighted by molar-refractivity contribution is 5.03. The average Bonchev–Trinajstić information content (AvgIpc) is 2.64. The van der Waals surface area contributed by atoms with Crippen molar-refractivity contribution >= 4 is 0 Å². The molecule has 2 aromatic rings. The maximum Gasteiger partial charge on any atom is 0.0852 e. The van der Waals surface area contributed by atoms with E-state index in [0.29, 0.717) is 0 Å². The Morgan fingerprint density at radius 1 is 1.38 bits per heavy atom. The molecule has 13 heavy (non-hydrogen) atoms. The third-order valence-electron chi connectivity index (χ3n) is 2.01. The fourth-order valence-electron chi connectivity index (χ4n) is 1.27. The summed E-state index contributed by atoms with van der Waals surface area (Å²) in [6, 6.07) is 3.99. The van der Waals surface area contributed by atoms with Gasteiger partial charge >= 0.3 is 0 Å². The topological polar surface area (TPSA) is 35.6 Å². The van der Waals surface area contributed by atoms with Crippen molar-refractivity contribution in [1.29, 1.82) is 0 Å². The highest BCUT2D eigenvalue weighted by Gasteiger charge is 2.00. The lowest BCUT2D eigenvalue weighted by atomic mass is 10.4. The Kier molecular flexibility index (Phi) is 1.88. The van der Waals surface area contributed by atoms with Crippen LogP contribution in [0.3, 0.4) is 0 Å². The van der Waals surface area contributed by atoms with Gasteiger partial charge < -0.3 is 0 Å². The fraction of sp³-hybridized carbons (Fsp3) is 0.333. The third kappa shape index (κ3) is 1.61. The van der Waals surface area contributed by atoms with Gasteiger partial charge in [-0.05, 0) is 19.1 Å². The molecule has 0 unspecified atom stereocenters. The van der Waals surface area contributed by atoms with Crippen LogP contribution >= 0.6 is 0 Å². The Hall–Kier alpha value is -1.58. The van der Waals surface area contributed by atoms with Crippen LogP contribution in [-0.4, -0.2) is 19.6 Å². The Morgan fingerprint density at radius 3 is 2.77 bits per heavy atom. The zero-order chi connectivity index (χ0) is 9.26. The van der Waals surface area contributed by atoms with Crippen molar-refractivity contribution in [3.8, 4) is 0 Å². The van der Waals surface area contributed by atoms with E-state index in [1.165, 1.54) is 0 Å². The van der Waals surface area contributed by atoms with Crippen LogP contribution in [0, 0.1) is 6.92 Å². The zero-order valence-corrected chi connectivity index (χ0v) is 7.81. The van der Waals surface area contributed by atoms with E-state index in [4.69, 9.17) is 0 Å². The van der Waals surface area contributed by atoms with Crippen molar-refractivity contribution in [1.82, 2.24) is 19.6 Å². The number of hydrogen-bond acceptors (Lipinski definition) is 2. The first-order chi connectivity index (χ1) is 6.25. The molecule has 0 N–H and O–H groups in total. The van der Waals surface area contributed by atoms with E-state index >= 15 is 0 Å². The lowest BCUT2D eigenvalue weighted by Crippen LogP contribution is -2.04.